The third kappa shape index (κ3) is 17.2. The third-order valence-electron chi connectivity index (χ3n) is 2.49. The van der Waals surface area contributed by atoms with E-state index in [1.54, 1.807) is 20.8 Å². The molecule has 23 heavy (non-hydrogen) atoms. The first kappa shape index (κ1) is 22.0. The summed E-state index contributed by atoms with van der Waals surface area (Å²) in [6.07, 6.45) is -1.15. The summed E-state index contributed by atoms with van der Waals surface area (Å²) in [5.41, 5.74) is 4.64. The molecule has 0 aliphatic carbocycles. The second-order valence-electron chi connectivity index (χ2n) is 5.89. The monoisotopic (exact) mass is 338 g/mol. The van der Waals surface area contributed by atoms with Crippen molar-refractivity contribution in [2.45, 2.75) is 39.0 Å². The first-order chi connectivity index (χ1) is 10.8. The average molecular weight is 338 g/mol. The normalized spacial score (nSPS) is 12.9. The summed E-state index contributed by atoms with van der Waals surface area (Å²) in [5.74, 6) is 0. The molecule has 0 aliphatic heterocycles. The predicted octanol–water partition coefficient (Wildman–Crippen LogP) is 1.25. The van der Waals surface area contributed by atoms with E-state index in [0.717, 1.165) is 0 Å². The first-order valence-corrected chi connectivity index (χ1v) is 7.89. The van der Waals surface area contributed by atoms with Crippen LogP contribution in [0.5, 0.6) is 0 Å². The van der Waals surface area contributed by atoms with Crippen molar-refractivity contribution in [2.75, 3.05) is 52.7 Å². The van der Waals surface area contributed by atoms with Gasteiger partial charge in [-0.1, -0.05) is 0 Å². The number of carbonyl (C=O) groups excluding carboxylic acids is 1. The first-order valence-electron chi connectivity index (χ1n) is 7.89. The lowest BCUT2D eigenvalue weighted by molar-refractivity contribution is 0.0112. The Bertz CT molecular complexity index is 300. The molecule has 1 amide bonds. The van der Waals surface area contributed by atoms with Crippen LogP contribution in [0.3, 0.4) is 0 Å². The maximum atomic E-state index is 12.8. The van der Waals surface area contributed by atoms with Gasteiger partial charge in [-0.05, 0) is 20.8 Å². The summed E-state index contributed by atoms with van der Waals surface area (Å²) in [4.78, 5) is 11.3. The standard InChI is InChI=1S/C15H31FN2O5/c1-15(2,3)23-14(19)18-5-7-21-9-11-22-10-8-20-6-4-13(16)12-17/h13H,4-12,17H2,1-3H3,(H,18,19). The van der Waals surface area contributed by atoms with Gasteiger partial charge in [-0.25, -0.2) is 9.18 Å². The van der Waals surface area contributed by atoms with E-state index in [2.05, 4.69) is 5.32 Å². The number of amides is 1. The van der Waals surface area contributed by atoms with Gasteiger partial charge in [0, 0.05) is 26.1 Å². The molecule has 0 bridgehead atoms. The Labute approximate surface area is 138 Å². The lowest BCUT2D eigenvalue weighted by Gasteiger charge is -2.19. The Morgan fingerprint density at radius 2 is 1.57 bits per heavy atom. The highest BCUT2D eigenvalue weighted by molar-refractivity contribution is 5.67. The van der Waals surface area contributed by atoms with E-state index in [1.165, 1.54) is 0 Å². The van der Waals surface area contributed by atoms with Crippen LogP contribution in [0.25, 0.3) is 0 Å². The number of ether oxygens (including phenoxy) is 4. The highest BCUT2D eigenvalue weighted by atomic mass is 19.1. The molecular weight excluding hydrogens is 307 g/mol. The van der Waals surface area contributed by atoms with Crippen LogP contribution in [-0.4, -0.2) is 70.6 Å². The molecule has 8 heteroatoms. The SMILES string of the molecule is CC(C)(C)OC(=O)NCCOCCOCCOCCC(F)CN. The molecule has 0 fully saturated rings. The van der Waals surface area contributed by atoms with Gasteiger partial charge in [-0.15, -0.1) is 0 Å². The van der Waals surface area contributed by atoms with Crippen molar-refractivity contribution < 1.29 is 28.1 Å². The van der Waals surface area contributed by atoms with E-state index in [-0.39, 0.29) is 6.54 Å². The van der Waals surface area contributed by atoms with Gasteiger partial charge in [0.15, 0.2) is 0 Å². The summed E-state index contributed by atoms with van der Waals surface area (Å²) >= 11 is 0. The molecule has 7 nitrogen and oxygen atoms in total. The number of nitrogens with two attached hydrogens (primary N) is 1. The Morgan fingerprint density at radius 1 is 1.04 bits per heavy atom. The van der Waals surface area contributed by atoms with Gasteiger partial charge >= 0.3 is 6.09 Å². The third-order valence-corrected chi connectivity index (χ3v) is 2.49. The van der Waals surface area contributed by atoms with Gasteiger partial charge in [0.1, 0.15) is 11.8 Å². The number of hydrogen-bond donors (Lipinski definition) is 2. The Balaban J connectivity index is 3.21. The summed E-state index contributed by atoms with van der Waals surface area (Å²) < 4.78 is 33.6. The number of halogens is 1. The van der Waals surface area contributed by atoms with E-state index < -0.39 is 17.9 Å². The van der Waals surface area contributed by atoms with Crippen molar-refractivity contribution in [3.8, 4) is 0 Å². The average Bonchev–Trinajstić information content (AvgIpc) is 2.46. The second kappa shape index (κ2) is 13.5. The van der Waals surface area contributed by atoms with Crippen LogP contribution in [0.15, 0.2) is 0 Å². The van der Waals surface area contributed by atoms with E-state index in [0.29, 0.717) is 52.6 Å². The summed E-state index contributed by atoms with van der Waals surface area (Å²) in [6.45, 7) is 8.25. The van der Waals surface area contributed by atoms with Crippen LogP contribution >= 0.6 is 0 Å². The molecule has 138 valence electrons. The highest BCUT2D eigenvalue weighted by Gasteiger charge is 2.15. The van der Waals surface area contributed by atoms with Crippen molar-refractivity contribution in [3.63, 3.8) is 0 Å². The van der Waals surface area contributed by atoms with Gasteiger partial charge in [0.25, 0.3) is 0 Å². The fourth-order valence-electron chi connectivity index (χ4n) is 1.41. The van der Waals surface area contributed by atoms with Crippen LogP contribution < -0.4 is 11.1 Å². The smallest absolute Gasteiger partial charge is 0.407 e. The Kier molecular flexibility index (Phi) is 12.9. The molecule has 0 aromatic heterocycles. The number of alkyl carbamates (subject to hydrolysis) is 1. The number of alkyl halides is 1. The van der Waals surface area contributed by atoms with Crippen molar-refractivity contribution in [3.05, 3.63) is 0 Å². The van der Waals surface area contributed by atoms with Crippen LogP contribution in [0.2, 0.25) is 0 Å². The van der Waals surface area contributed by atoms with Crippen LogP contribution in [0, 0.1) is 0 Å². The molecule has 3 N–H and O–H groups in total. The zero-order chi connectivity index (χ0) is 17.6. The van der Waals surface area contributed by atoms with Crippen molar-refractivity contribution in [1.82, 2.24) is 5.32 Å². The molecule has 0 aromatic rings. The van der Waals surface area contributed by atoms with Crippen molar-refractivity contribution >= 4 is 6.09 Å². The Morgan fingerprint density at radius 3 is 2.09 bits per heavy atom. The molecule has 0 spiro atoms. The van der Waals surface area contributed by atoms with Gasteiger partial charge in [0.05, 0.1) is 33.0 Å². The fraction of sp³-hybridized carbons (Fsp3) is 0.933. The molecule has 0 radical (unpaired) electrons. The molecular formula is C15H31FN2O5. The molecule has 0 heterocycles. The number of nitrogens with one attached hydrogen (secondary N) is 1. The maximum Gasteiger partial charge on any atom is 0.407 e. The molecule has 0 aromatic carbocycles. The van der Waals surface area contributed by atoms with Gasteiger partial charge < -0.3 is 30.0 Å². The van der Waals surface area contributed by atoms with Gasteiger partial charge in [-0.3, -0.25) is 0 Å². The molecule has 0 aliphatic rings. The second-order valence-corrected chi connectivity index (χ2v) is 5.89. The predicted molar refractivity (Wildman–Crippen MR) is 85.3 cm³/mol. The lowest BCUT2D eigenvalue weighted by atomic mass is 10.2. The Hall–Kier alpha value is -0.960. The maximum absolute atomic E-state index is 12.8. The zero-order valence-electron chi connectivity index (χ0n) is 14.4. The van der Waals surface area contributed by atoms with Crippen LogP contribution in [0.1, 0.15) is 27.2 Å². The van der Waals surface area contributed by atoms with Crippen molar-refractivity contribution in [2.24, 2.45) is 5.73 Å². The van der Waals surface area contributed by atoms with E-state index in [4.69, 9.17) is 24.7 Å². The highest BCUT2D eigenvalue weighted by Crippen LogP contribution is 2.05. The van der Waals surface area contributed by atoms with E-state index >= 15 is 0 Å². The minimum atomic E-state index is -1.00. The summed E-state index contributed by atoms with van der Waals surface area (Å²) in [5, 5.41) is 2.59. The summed E-state index contributed by atoms with van der Waals surface area (Å²) in [6, 6.07) is 0. The lowest BCUT2D eigenvalue weighted by Crippen LogP contribution is -2.34. The molecule has 0 rings (SSSR count). The van der Waals surface area contributed by atoms with Gasteiger partial charge in [0.2, 0.25) is 0 Å². The van der Waals surface area contributed by atoms with E-state index in [1.807, 2.05) is 0 Å². The van der Waals surface area contributed by atoms with E-state index in [9.17, 15) is 9.18 Å². The fourth-order valence-corrected chi connectivity index (χ4v) is 1.41. The summed E-state index contributed by atoms with van der Waals surface area (Å²) in [7, 11) is 0. The molecule has 0 saturated carbocycles. The quantitative estimate of drug-likeness (QED) is 0.491. The minimum Gasteiger partial charge on any atom is -0.444 e. The molecule has 1 atom stereocenters. The minimum absolute atomic E-state index is 0.0278. The zero-order valence-corrected chi connectivity index (χ0v) is 14.4. The topological polar surface area (TPSA) is 92.0 Å². The van der Waals surface area contributed by atoms with Crippen LogP contribution in [0.4, 0.5) is 9.18 Å². The largest absolute Gasteiger partial charge is 0.444 e. The van der Waals surface area contributed by atoms with Crippen LogP contribution in [-0.2, 0) is 18.9 Å². The molecule has 0 saturated heterocycles. The van der Waals surface area contributed by atoms with Gasteiger partial charge in [-0.2, -0.15) is 0 Å². The number of carbonyl (C=O) groups is 1. The number of hydrogen-bond acceptors (Lipinski definition) is 6. The number of rotatable bonds is 13. The molecule has 1 unspecified atom stereocenters. The van der Waals surface area contributed by atoms with Crippen molar-refractivity contribution in [1.29, 1.82) is 0 Å².